The summed E-state index contributed by atoms with van der Waals surface area (Å²) in [6, 6.07) is 0. The molecule has 0 N–H and O–H groups in total. The van der Waals surface area contributed by atoms with E-state index in [1.54, 1.807) is 19.1 Å². The maximum Gasteiger partial charge on any atom is 0.188 e. The van der Waals surface area contributed by atoms with E-state index in [2.05, 4.69) is 22.5 Å². The van der Waals surface area contributed by atoms with Crippen LogP contribution in [0.25, 0.3) is 0 Å². The van der Waals surface area contributed by atoms with Crippen molar-refractivity contribution >= 4 is 21.7 Å². The van der Waals surface area contributed by atoms with E-state index in [1.807, 2.05) is 0 Å². The Kier molecular flexibility index (Phi) is 6.99. The summed E-state index contributed by atoms with van der Waals surface area (Å²) in [6.07, 6.45) is 3.33. The van der Waals surface area contributed by atoms with Crippen LogP contribution in [-0.2, 0) is 14.3 Å². The Labute approximate surface area is 98.6 Å². The van der Waals surface area contributed by atoms with Crippen LogP contribution in [0.1, 0.15) is 13.8 Å². The fourth-order valence-electron chi connectivity index (χ4n) is 0.942. The smallest absolute Gasteiger partial charge is 0.188 e. The number of methoxy groups -OCH3 is 1. The second-order valence-electron chi connectivity index (χ2n) is 2.76. The quantitative estimate of drug-likeness (QED) is 0.323. The average molecular weight is 275 g/mol. The second-order valence-corrected chi connectivity index (χ2v) is 3.78. The molecule has 0 saturated heterocycles. The Bertz CT molecular complexity index is 303. The van der Waals surface area contributed by atoms with Gasteiger partial charge in [-0.05, 0) is 26.0 Å². The van der Waals surface area contributed by atoms with Gasteiger partial charge < -0.3 is 9.47 Å². The van der Waals surface area contributed by atoms with Crippen LogP contribution >= 0.6 is 15.9 Å². The predicted octanol–water partition coefficient (Wildman–Crippen LogP) is 2.93. The van der Waals surface area contributed by atoms with Gasteiger partial charge in [0.15, 0.2) is 12.6 Å². The lowest BCUT2D eigenvalue weighted by molar-refractivity contribution is -0.113. The molecule has 0 saturated carbocycles. The predicted molar refractivity (Wildman–Crippen MR) is 63.5 cm³/mol. The van der Waals surface area contributed by atoms with E-state index in [0.29, 0.717) is 15.8 Å². The Hall–Kier alpha value is -0.870. The van der Waals surface area contributed by atoms with Gasteiger partial charge in [-0.2, -0.15) is 0 Å². The molecule has 0 heterocycles. The number of ether oxygens (including phenoxy) is 2. The summed E-state index contributed by atoms with van der Waals surface area (Å²) in [5, 5.41) is 0. The number of ketones is 1. The van der Waals surface area contributed by atoms with Gasteiger partial charge in [-0.15, -0.1) is 0 Å². The Morgan fingerprint density at radius 1 is 1.53 bits per heavy atom. The molecule has 0 aliphatic carbocycles. The number of carbonyl (C=O) groups is 1. The summed E-state index contributed by atoms with van der Waals surface area (Å²) in [4.78, 5) is 11.4. The molecule has 0 aromatic heterocycles. The number of carbonyl (C=O) groups excluding carboxylic acids is 1. The zero-order valence-electron chi connectivity index (χ0n) is 9.17. The van der Waals surface area contributed by atoms with Crippen molar-refractivity contribution in [3.8, 4) is 0 Å². The molecular formula is C11H15BrO3. The van der Waals surface area contributed by atoms with Gasteiger partial charge in [0.2, 0.25) is 0 Å². The lowest BCUT2D eigenvalue weighted by atomic mass is 10.1. The van der Waals surface area contributed by atoms with Gasteiger partial charge in [0.05, 0.1) is 5.57 Å². The fraction of sp³-hybridized carbons (Fsp3) is 0.364. The summed E-state index contributed by atoms with van der Waals surface area (Å²) in [6.45, 7) is 7.02. The first kappa shape index (κ1) is 14.1. The molecule has 84 valence electrons. The highest BCUT2D eigenvalue weighted by molar-refractivity contribution is 9.11. The topological polar surface area (TPSA) is 35.5 Å². The fourth-order valence-corrected chi connectivity index (χ4v) is 1.17. The van der Waals surface area contributed by atoms with Crippen molar-refractivity contribution in [3.63, 3.8) is 0 Å². The van der Waals surface area contributed by atoms with Gasteiger partial charge in [-0.25, -0.2) is 0 Å². The minimum atomic E-state index is -0.0835. The molecule has 0 amide bonds. The first-order valence-electron chi connectivity index (χ1n) is 4.38. The number of halogens is 1. The van der Waals surface area contributed by atoms with Crippen molar-refractivity contribution < 1.29 is 14.3 Å². The highest BCUT2D eigenvalue weighted by Crippen LogP contribution is 2.17. The normalized spacial score (nSPS) is 12.5. The molecule has 0 unspecified atom stereocenters. The zero-order chi connectivity index (χ0) is 11.8. The average Bonchev–Trinajstić information content (AvgIpc) is 2.16. The largest absolute Gasteiger partial charge is 0.467 e. The minimum Gasteiger partial charge on any atom is -0.467 e. The summed E-state index contributed by atoms with van der Waals surface area (Å²) in [7, 11) is 1.52. The lowest BCUT2D eigenvalue weighted by Crippen LogP contribution is -2.06. The van der Waals surface area contributed by atoms with Gasteiger partial charge in [0.25, 0.3) is 0 Å². The van der Waals surface area contributed by atoms with E-state index in [0.717, 1.165) is 0 Å². The first-order valence-corrected chi connectivity index (χ1v) is 5.17. The van der Waals surface area contributed by atoms with Crippen LogP contribution < -0.4 is 0 Å². The monoisotopic (exact) mass is 274 g/mol. The summed E-state index contributed by atoms with van der Waals surface area (Å²) >= 11 is 3.17. The lowest BCUT2D eigenvalue weighted by Gasteiger charge is -2.10. The van der Waals surface area contributed by atoms with Crippen molar-refractivity contribution in [3.05, 3.63) is 34.5 Å². The van der Waals surface area contributed by atoms with Gasteiger partial charge in [-0.1, -0.05) is 22.5 Å². The molecule has 0 aliphatic heterocycles. The van der Waals surface area contributed by atoms with E-state index in [-0.39, 0.29) is 12.6 Å². The number of hydrogen-bond donors (Lipinski definition) is 0. The third kappa shape index (κ3) is 5.54. The van der Waals surface area contributed by atoms with Gasteiger partial charge in [0.1, 0.15) is 5.76 Å². The Balaban J connectivity index is 4.89. The number of hydrogen-bond acceptors (Lipinski definition) is 3. The Morgan fingerprint density at radius 3 is 2.47 bits per heavy atom. The van der Waals surface area contributed by atoms with Crippen LogP contribution in [0.15, 0.2) is 34.5 Å². The van der Waals surface area contributed by atoms with Crippen LogP contribution in [-0.4, -0.2) is 19.7 Å². The van der Waals surface area contributed by atoms with Crippen molar-refractivity contribution in [1.82, 2.24) is 0 Å². The van der Waals surface area contributed by atoms with Crippen molar-refractivity contribution in [1.29, 1.82) is 0 Å². The maximum absolute atomic E-state index is 11.4. The van der Waals surface area contributed by atoms with E-state index in [9.17, 15) is 4.79 Å². The van der Waals surface area contributed by atoms with E-state index >= 15 is 0 Å². The number of rotatable bonds is 6. The van der Waals surface area contributed by atoms with Crippen molar-refractivity contribution in [2.24, 2.45) is 0 Å². The molecule has 15 heavy (non-hydrogen) atoms. The van der Waals surface area contributed by atoms with Crippen LogP contribution in [0.2, 0.25) is 0 Å². The van der Waals surface area contributed by atoms with Crippen LogP contribution in [0, 0.1) is 0 Å². The molecule has 0 rings (SSSR count). The van der Waals surface area contributed by atoms with E-state index < -0.39 is 0 Å². The van der Waals surface area contributed by atoms with Crippen LogP contribution in [0.4, 0.5) is 0 Å². The molecule has 3 nitrogen and oxygen atoms in total. The number of allylic oxidation sites excluding steroid dienone is 4. The van der Waals surface area contributed by atoms with E-state index in [1.165, 1.54) is 14.0 Å². The standard InChI is InChI=1S/C11H15BrO3/c1-5-11(15-7-14-4)10(9(3)13)6-8(2)12/h5-6H,2,7H2,1,3-4H3/b10-6-,11-5+. The summed E-state index contributed by atoms with van der Waals surface area (Å²) in [5.74, 6) is 0.407. The molecular weight excluding hydrogens is 260 g/mol. The molecule has 0 radical (unpaired) electrons. The van der Waals surface area contributed by atoms with Gasteiger partial charge >= 0.3 is 0 Å². The summed E-state index contributed by atoms with van der Waals surface area (Å²) < 4.78 is 10.6. The van der Waals surface area contributed by atoms with Crippen molar-refractivity contribution in [2.45, 2.75) is 13.8 Å². The van der Waals surface area contributed by atoms with Crippen LogP contribution in [0.5, 0.6) is 0 Å². The first-order chi connectivity index (χ1) is 7.02. The van der Waals surface area contributed by atoms with E-state index in [4.69, 9.17) is 9.47 Å². The van der Waals surface area contributed by atoms with Crippen molar-refractivity contribution in [2.75, 3.05) is 13.9 Å². The van der Waals surface area contributed by atoms with Crippen LogP contribution in [0.3, 0.4) is 0 Å². The highest BCUT2D eigenvalue weighted by Gasteiger charge is 2.11. The van der Waals surface area contributed by atoms with Gasteiger partial charge in [0, 0.05) is 11.6 Å². The minimum absolute atomic E-state index is 0.0835. The molecule has 0 fully saturated rings. The highest BCUT2D eigenvalue weighted by atomic mass is 79.9. The zero-order valence-corrected chi connectivity index (χ0v) is 10.8. The molecule has 0 aromatic carbocycles. The second kappa shape index (κ2) is 7.43. The molecule has 0 atom stereocenters. The molecule has 0 spiro atoms. The molecule has 0 aromatic rings. The molecule has 4 heteroatoms. The summed E-state index contributed by atoms with van der Waals surface area (Å²) in [5.41, 5.74) is 0.469. The van der Waals surface area contributed by atoms with Gasteiger partial charge in [-0.3, -0.25) is 4.79 Å². The SMILES string of the molecule is C=C(Br)/C=C(C(C)=O)\C(=C/C)OCOC. The third-order valence-corrected chi connectivity index (χ3v) is 1.77. The number of Topliss-reactive ketones (excluding diaryl/α,β-unsaturated/α-hetero) is 1. The Morgan fingerprint density at radius 2 is 2.13 bits per heavy atom. The molecule has 0 bridgehead atoms. The molecule has 0 aliphatic rings. The maximum atomic E-state index is 11.4. The third-order valence-electron chi connectivity index (χ3n) is 1.54.